The van der Waals surface area contributed by atoms with Crippen LogP contribution in [0.15, 0.2) is 78.0 Å². The van der Waals surface area contributed by atoms with Gasteiger partial charge in [-0.3, -0.25) is 14.2 Å². The van der Waals surface area contributed by atoms with Gasteiger partial charge in [0.1, 0.15) is 17.5 Å². The first-order valence-corrected chi connectivity index (χ1v) is 10.1. The van der Waals surface area contributed by atoms with E-state index in [0.29, 0.717) is 36.4 Å². The second-order valence-electron chi connectivity index (χ2n) is 7.13. The Labute approximate surface area is 179 Å². The van der Waals surface area contributed by atoms with Gasteiger partial charge in [0, 0.05) is 6.54 Å². The fourth-order valence-electron chi connectivity index (χ4n) is 3.24. The van der Waals surface area contributed by atoms with Crippen molar-refractivity contribution in [3.8, 4) is 5.75 Å². The van der Waals surface area contributed by atoms with E-state index in [1.54, 1.807) is 28.3 Å². The lowest BCUT2D eigenvalue weighted by atomic mass is 10.2. The molecule has 0 radical (unpaired) electrons. The number of nitrogens with zero attached hydrogens (tertiary/aromatic N) is 4. The van der Waals surface area contributed by atoms with E-state index in [9.17, 15) is 9.59 Å². The molecule has 0 aliphatic rings. The molecule has 0 fully saturated rings. The van der Waals surface area contributed by atoms with Gasteiger partial charge in [-0.25, -0.2) is 9.67 Å². The average Bonchev–Trinajstić information content (AvgIpc) is 3.21. The number of hydrogen-bond acceptors (Lipinski definition) is 5. The monoisotopic (exact) mass is 417 g/mol. The van der Waals surface area contributed by atoms with Crippen LogP contribution in [0.4, 0.5) is 0 Å². The minimum absolute atomic E-state index is 0.144. The Morgan fingerprint density at radius 1 is 1.10 bits per heavy atom. The lowest BCUT2D eigenvalue weighted by Crippen LogP contribution is -2.38. The summed E-state index contributed by atoms with van der Waals surface area (Å²) >= 11 is 0. The van der Waals surface area contributed by atoms with Crippen LogP contribution < -0.4 is 15.6 Å². The van der Waals surface area contributed by atoms with Crippen LogP contribution in [0.5, 0.6) is 5.75 Å². The minimum Gasteiger partial charge on any atom is -0.481 e. The molecule has 0 aliphatic heterocycles. The number of carbonyl (C=O) groups excluding carboxylic acids is 1. The first kappa shape index (κ1) is 20.3. The van der Waals surface area contributed by atoms with E-state index in [1.807, 2.05) is 48.5 Å². The van der Waals surface area contributed by atoms with Gasteiger partial charge in [0.25, 0.3) is 11.5 Å². The maximum atomic E-state index is 12.8. The molecule has 0 spiro atoms. The molecule has 2 aromatic heterocycles. The van der Waals surface area contributed by atoms with Crippen LogP contribution in [0, 0.1) is 0 Å². The molecule has 158 valence electrons. The number of rotatable bonds is 8. The normalized spacial score (nSPS) is 11.9. The maximum absolute atomic E-state index is 12.8. The van der Waals surface area contributed by atoms with Crippen LogP contribution in [-0.4, -0.2) is 37.9 Å². The van der Waals surface area contributed by atoms with Crippen LogP contribution >= 0.6 is 0 Å². The Kier molecular flexibility index (Phi) is 6.07. The quantitative estimate of drug-likeness (QED) is 0.475. The van der Waals surface area contributed by atoms with Gasteiger partial charge in [-0.15, -0.1) is 0 Å². The molecular weight excluding hydrogens is 394 g/mol. The number of amides is 1. The molecule has 1 amide bonds. The molecule has 2 aromatic carbocycles. The second-order valence-corrected chi connectivity index (χ2v) is 7.13. The predicted molar refractivity (Wildman–Crippen MR) is 117 cm³/mol. The van der Waals surface area contributed by atoms with Gasteiger partial charge in [-0.2, -0.15) is 5.10 Å². The molecular formula is C23H23N5O3. The molecule has 8 heteroatoms. The fourth-order valence-corrected chi connectivity index (χ4v) is 3.24. The molecule has 0 aliphatic carbocycles. The van der Waals surface area contributed by atoms with E-state index in [2.05, 4.69) is 15.4 Å². The smallest absolute Gasteiger partial charge is 0.264 e. The summed E-state index contributed by atoms with van der Waals surface area (Å²) in [7, 11) is 0. The van der Waals surface area contributed by atoms with E-state index >= 15 is 0 Å². The summed E-state index contributed by atoms with van der Waals surface area (Å²) in [5.74, 6) is 0.415. The molecule has 4 rings (SSSR count). The zero-order chi connectivity index (χ0) is 21.6. The number of ether oxygens (including phenoxy) is 1. The van der Waals surface area contributed by atoms with E-state index in [0.717, 1.165) is 5.56 Å². The van der Waals surface area contributed by atoms with E-state index < -0.39 is 6.10 Å². The number of fused-ring (bicyclic) bond motifs is 1. The van der Waals surface area contributed by atoms with Crippen molar-refractivity contribution in [1.82, 2.24) is 24.6 Å². The third-order valence-corrected chi connectivity index (χ3v) is 4.87. The summed E-state index contributed by atoms with van der Waals surface area (Å²) < 4.78 is 8.80. The maximum Gasteiger partial charge on any atom is 0.264 e. The van der Waals surface area contributed by atoms with Crippen LogP contribution in [0.2, 0.25) is 0 Å². The van der Waals surface area contributed by atoms with E-state index in [1.165, 1.54) is 12.5 Å². The summed E-state index contributed by atoms with van der Waals surface area (Å²) in [5, 5.41) is 7.55. The Hall–Kier alpha value is -3.94. The Morgan fingerprint density at radius 2 is 1.81 bits per heavy atom. The highest BCUT2D eigenvalue weighted by Gasteiger charge is 2.15. The highest BCUT2D eigenvalue weighted by molar-refractivity contribution is 5.80. The number of benzene rings is 2. The highest BCUT2D eigenvalue weighted by atomic mass is 16.5. The lowest BCUT2D eigenvalue weighted by Gasteiger charge is -2.14. The number of aromatic nitrogens is 4. The van der Waals surface area contributed by atoms with Crippen molar-refractivity contribution in [2.45, 2.75) is 26.1 Å². The molecule has 1 N–H and O–H groups in total. The number of para-hydroxylation sites is 1. The van der Waals surface area contributed by atoms with Crippen molar-refractivity contribution in [3.05, 3.63) is 89.1 Å². The summed E-state index contributed by atoms with van der Waals surface area (Å²) in [6.45, 7) is 2.88. The van der Waals surface area contributed by atoms with Crippen LogP contribution in [0.3, 0.4) is 0 Å². The van der Waals surface area contributed by atoms with Crippen molar-refractivity contribution in [1.29, 1.82) is 0 Å². The molecule has 1 unspecified atom stereocenters. The minimum atomic E-state index is -0.625. The highest BCUT2D eigenvalue weighted by Crippen LogP contribution is 2.11. The second kappa shape index (κ2) is 9.25. The first-order valence-electron chi connectivity index (χ1n) is 10.1. The van der Waals surface area contributed by atoms with Crippen LogP contribution in [0.1, 0.15) is 12.5 Å². The third kappa shape index (κ3) is 4.80. The molecule has 0 bridgehead atoms. The number of nitrogens with one attached hydrogen (secondary N) is 1. The zero-order valence-corrected chi connectivity index (χ0v) is 17.1. The molecule has 31 heavy (non-hydrogen) atoms. The van der Waals surface area contributed by atoms with Gasteiger partial charge >= 0.3 is 0 Å². The topological polar surface area (TPSA) is 91.0 Å². The average molecular weight is 417 g/mol. The van der Waals surface area contributed by atoms with Crippen molar-refractivity contribution in [2.75, 3.05) is 6.54 Å². The Bertz CT molecular complexity index is 1220. The SMILES string of the molecule is CC(Oc1ccccc1)C(=O)NCCn1ncc2c(=O)n(Cc3ccccc3)cnc21. The summed E-state index contributed by atoms with van der Waals surface area (Å²) in [6, 6.07) is 18.9. The standard InChI is InChI=1S/C23H23N5O3/c1-17(31-19-10-6-3-7-11-19)22(29)24-12-13-28-21-20(14-26-28)23(30)27(16-25-21)15-18-8-4-2-5-9-18/h2-11,14,16-17H,12-13,15H2,1H3,(H,24,29). The van der Waals surface area contributed by atoms with Crippen molar-refractivity contribution in [2.24, 2.45) is 0 Å². The van der Waals surface area contributed by atoms with Crippen molar-refractivity contribution < 1.29 is 9.53 Å². The summed E-state index contributed by atoms with van der Waals surface area (Å²) in [4.78, 5) is 29.5. The predicted octanol–water partition coefficient (Wildman–Crippen LogP) is 2.22. The van der Waals surface area contributed by atoms with Gasteiger partial charge in [-0.05, 0) is 24.6 Å². The van der Waals surface area contributed by atoms with Gasteiger partial charge in [0.05, 0.1) is 19.3 Å². The summed E-state index contributed by atoms with van der Waals surface area (Å²) in [6.07, 6.45) is 2.43. The third-order valence-electron chi connectivity index (χ3n) is 4.87. The first-order chi connectivity index (χ1) is 15.1. The molecule has 4 aromatic rings. The molecule has 1 atom stereocenters. The van der Waals surface area contributed by atoms with Crippen molar-refractivity contribution in [3.63, 3.8) is 0 Å². The summed E-state index contributed by atoms with van der Waals surface area (Å²) in [5.41, 5.74) is 1.37. The molecule has 0 saturated heterocycles. The Balaban J connectivity index is 1.37. The molecule has 2 heterocycles. The molecule has 0 saturated carbocycles. The molecule has 8 nitrogen and oxygen atoms in total. The largest absolute Gasteiger partial charge is 0.481 e. The lowest BCUT2D eigenvalue weighted by molar-refractivity contribution is -0.127. The van der Waals surface area contributed by atoms with Gasteiger partial charge in [0.15, 0.2) is 11.8 Å². The van der Waals surface area contributed by atoms with Crippen LogP contribution in [0.25, 0.3) is 11.0 Å². The fraction of sp³-hybridized carbons (Fsp3) is 0.217. The number of carbonyl (C=O) groups is 1. The number of hydrogen-bond donors (Lipinski definition) is 1. The van der Waals surface area contributed by atoms with Gasteiger partial charge in [-0.1, -0.05) is 48.5 Å². The Morgan fingerprint density at radius 3 is 2.55 bits per heavy atom. The van der Waals surface area contributed by atoms with Gasteiger partial charge in [0.2, 0.25) is 0 Å². The van der Waals surface area contributed by atoms with Crippen LogP contribution in [-0.2, 0) is 17.9 Å². The van der Waals surface area contributed by atoms with Gasteiger partial charge < -0.3 is 10.1 Å². The van der Waals surface area contributed by atoms with E-state index in [4.69, 9.17) is 4.74 Å². The van der Waals surface area contributed by atoms with E-state index in [-0.39, 0.29) is 11.5 Å². The van der Waals surface area contributed by atoms with Crippen molar-refractivity contribution >= 4 is 16.9 Å². The zero-order valence-electron chi connectivity index (χ0n) is 17.1.